The lowest BCUT2D eigenvalue weighted by Crippen LogP contribution is -1.85. The molecule has 2 rings (SSSR count). The number of hydrogen-bond acceptors (Lipinski definition) is 2. The van der Waals surface area contributed by atoms with E-state index in [1.54, 1.807) is 0 Å². The second kappa shape index (κ2) is 6.11. The number of rotatable bonds is 2. The summed E-state index contributed by atoms with van der Waals surface area (Å²) < 4.78 is 5.19. The molecule has 2 aromatic rings. The molecule has 1 heterocycles. The molecule has 16 heavy (non-hydrogen) atoms. The van der Waals surface area contributed by atoms with Crippen molar-refractivity contribution in [3.05, 3.63) is 41.7 Å². The maximum atomic E-state index is 5.19. The van der Waals surface area contributed by atoms with E-state index < -0.39 is 0 Å². The van der Waals surface area contributed by atoms with Crippen LogP contribution in [0.2, 0.25) is 0 Å². The van der Waals surface area contributed by atoms with E-state index in [0.29, 0.717) is 0 Å². The molecule has 1 aromatic heterocycles. The summed E-state index contributed by atoms with van der Waals surface area (Å²) in [5.41, 5.74) is 3.31. The van der Waals surface area contributed by atoms with Gasteiger partial charge in [-0.05, 0) is 13.3 Å². The van der Waals surface area contributed by atoms with Gasteiger partial charge in [0.15, 0.2) is 0 Å². The minimum absolute atomic E-state index is 0.923. The third-order valence-corrected chi connectivity index (χ3v) is 2.39. The Bertz CT molecular complexity index is 418. The Balaban J connectivity index is 0.000000606. The zero-order valence-corrected chi connectivity index (χ0v) is 10.4. The topological polar surface area (TPSA) is 26.0 Å². The van der Waals surface area contributed by atoms with Crippen LogP contribution in [0.5, 0.6) is 0 Å². The van der Waals surface area contributed by atoms with Crippen molar-refractivity contribution in [1.29, 1.82) is 0 Å². The average molecular weight is 217 g/mol. The van der Waals surface area contributed by atoms with E-state index in [1.165, 1.54) is 5.56 Å². The number of aromatic nitrogens is 1. The molecular weight excluding hydrogens is 198 g/mol. The molecule has 86 valence electrons. The van der Waals surface area contributed by atoms with Gasteiger partial charge < -0.3 is 4.52 Å². The van der Waals surface area contributed by atoms with Crippen LogP contribution in [0.25, 0.3) is 11.3 Å². The average Bonchev–Trinajstić information content (AvgIpc) is 2.74. The molecule has 0 spiro atoms. The van der Waals surface area contributed by atoms with Gasteiger partial charge in [0.05, 0.1) is 0 Å². The minimum Gasteiger partial charge on any atom is -0.361 e. The Hall–Kier alpha value is -1.57. The molecule has 2 heteroatoms. The number of benzene rings is 1. The first-order valence-corrected chi connectivity index (χ1v) is 5.83. The van der Waals surface area contributed by atoms with Crippen molar-refractivity contribution in [3.63, 3.8) is 0 Å². The van der Waals surface area contributed by atoms with Crippen LogP contribution in [0.3, 0.4) is 0 Å². The summed E-state index contributed by atoms with van der Waals surface area (Å²) in [5, 5.41) is 4.08. The monoisotopic (exact) mass is 217 g/mol. The van der Waals surface area contributed by atoms with Crippen molar-refractivity contribution in [3.8, 4) is 11.3 Å². The van der Waals surface area contributed by atoms with Crippen LogP contribution < -0.4 is 0 Å². The van der Waals surface area contributed by atoms with Crippen molar-refractivity contribution in [2.24, 2.45) is 0 Å². The number of nitrogens with zero attached hydrogens (tertiary/aromatic N) is 1. The van der Waals surface area contributed by atoms with Crippen LogP contribution in [0.15, 0.2) is 34.9 Å². The van der Waals surface area contributed by atoms with E-state index in [0.717, 1.165) is 23.4 Å². The molecule has 0 atom stereocenters. The van der Waals surface area contributed by atoms with Gasteiger partial charge in [0.25, 0.3) is 0 Å². The molecule has 0 radical (unpaired) electrons. The Kier molecular flexibility index (Phi) is 4.77. The molecule has 1 aromatic carbocycles. The summed E-state index contributed by atoms with van der Waals surface area (Å²) in [7, 11) is 0. The van der Waals surface area contributed by atoms with Gasteiger partial charge in [-0.2, -0.15) is 0 Å². The van der Waals surface area contributed by atoms with E-state index in [2.05, 4.69) is 24.2 Å². The highest BCUT2D eigenvalue weighted by atomic mass is 16.5. The van der Waals surface area contributed by atoms with E-state index in [4.69, 9.17) is 4.52 Å². The Morgan fingerprint density at radius 2 is 1.75 bits per heavy atom. The Morgan fingerprint density at radius 3 is 2.31 bits per heavy atom. The smallest absolute Gasteiger partial charge is 0.137 e. The van der Waals surface area contributed by atoms with Gasteiger partial charge in [-0.3, -0.25) is 0 Å². The van der Waals surface area contributed by atoms with Gasteiger partial charge in [0, 0.05) is 11.1 Å². The number of hydrogen-bond donors (Lipinski definition) is 0. The number of aryl methyl sites for hydroxylation is 1. The predicted octanol–water partition coefficient (Wildman–Crippen LogP) is 4.24. The van der Waals surface area contributed by atoms with Crippen molar-refractivity contribution >= 4 is 0 Å². The lowest BCUT2D eigenvalue weighted by Gasteiger charge is -1.98. The Morgan fingerprint density at radius 1 is 1.12 bits per heavy atom. The molecule has 0 saturated heterocycles. The first kappa shape index (κ1) is 12.5. The minimum atomic E-state index is 0.923. The third kappa shape index (κ3) is 2.51. The normalized spacial score (nSPS) is 9.50. The van der Waals surface area contributed by atoms with Crippen molar-refractivity contribution in [2.45, 2.75) is 34.1 Å². The highest BCUT2D eigenvalue weighted by Gasteiger charge is 2.11. The third-order valence-electron chi connectivity index (χ3n) is 2.39. The molecule has 0 aliphatic carbocycles. The maximum absolute atomic E-state index is 5.19. The van der Waals surface area contributed by atoms with Crippen LogP contribution in [0.4, 0.5) is 0 Å². The first-order chi connectivity index (χ1) is 7.83. The molecule has 0 saturated carbocycles. The molecule has 0 amide bonds. The molecular formula is C14H19NO. The van der Waals surface area contributed by atoms with Crippen molar-refractivity contribution in [2.75, 3.05) is 0 Å². The summed E-state index contributed by atoms with van der Waals surface area (Å²) >= 11 is 0. The van der Waals surface area contributed by atoms with Crippen LogP contribution in [0.1, 0.15) is 32.1 Å². The molecule has 0 aliphatic rings. The summed E-state index contributed by atoms with van der Waals surface area (Å²) in [5.74, 6) is 0.923. The van der Waals surface area contributed by atoms with Crippen LogP contribution in [-0.2, 0) is 6.42 Å². The predicted molar refractivity (Wildman–Crippen MR) is 67.4 cm³/mol. The molecule has 0 unspecified atom stereocenters. The van der Waals surface area contributed by atoms with Crippen molar-refractivity contribution < 1.29 is 4.52 Å². The summed E-state index contributed by atoms with van der Waals surface area (Å²) in [6.07, 6.45) is 0.958. The SMILES string of the molecule is CC.CCc1c(-c2ccccc2)noc1C. The second-order valence-electron chi connectivity index (χ2n) is 3.29. The lowest BCUT2D eigenvalue weighted by molar-refractivity contribution is 0.398. The van der Waals surface area contributed by atoms with Crippen LogP contribution >= 0.6 is 0 Å². The maximum Gasteiger partial charge on any atom is 0.137 e. The first-order valence-electron chi connectivity index (χ1n) is 5.83. The van der Waals surface area contributed by atoms with Crippen LogP contribution in [0, 0.1) is 6.92 Å². The molecule has 0 aliphatic heterocycles. The summed E-state index contributed by atoms with van der Waals surface area (Å²) in [4.78, 5) is 0. The highest BCUT2D eigenvalue weighted by molar-refractivity contribution is 5.63. The molecule has 0 N–H and O–H groups in total. The van der Waals surface area contributed by atoms with E-state index in [9.17, 15) is 0 Å². The summed E-state index contributed by atoms with van der Waals surface area (Å²) in [6.45, 7) is 8.07. The zero-order valence-electron chi connectivity index (χ0n) is 10.4. The van der Waals surface area contributed by atoms with Crippen molar-refractivity contribution in [1.82, 2.24) is 5.16 Å². The second-order valence-corrected chi connectivity index (χ2v) is 3.29. The Labute approximate surface area is 97.3 Å². The van der Waals surface area contributed by atoms with E-state index in [1.807, 2.05) is 39.0 Å². The van der Waals surface area contributed by atoms with Gasteiger partial charge in [-0.15, -0.1) is 0 Å². The van der Waals surface area contributed by atoms with Gasteiger partial charge >= 0.3 is 0 Å². The van der Waals surface area contributed by atoms with Gasteiger partial charge in [0.2, 0.25) is 0 Å². The van der Waals surface area contributed by atoms with Gasteiger partial charge in [-0.1, -0.05) is 56.3 Å². The lowest BCUT2D eigenvalue weighted by atomic mass is 10.0. The largest absolute Gasteiger partial charge is 0.361 e. The fraction of sp³-hybridized carbons (Fsp3) is 0.357. The molecule has 0 bridgehead atoms. The molecule has 0 fully saturated rings. The summed E-state index contributed by atoms with van der Waals surface area (Å²) in [6, 6.07) is 10.1. The van der Waals surface area contributed by atoms with E-state index >= 15 is 0 Å². The highest BCUT2D eigenvalue weighted by Crippen LogP contribution is 2.24. The van der Waals surface area contributed by atoms with Gasteiger partial charge in [-0.25, -0.2) is 0 Å². The fourth-order valence-electron chi connectivity index (χ4n) is 1.63. The van der Waals surface area contributed by atoms with Gasteiger partial charge in [0.1, 0.15) is 11.5 Å². The quantitative estimate of drug-likeness (QED) is 0.752. The fourth-order valence-corrected chi connectivity index (χ4v) is 1.63. The zero-order chi connectivity index (χ0) is 12.0. The molecule has 2 nitrogen and oxygen atoms in total. The standard InChI is InChI=1S/C12H13NO.C2H6/c1-3-11-9(2)14-13-12(11)10-7-5-4-6-8-10;1-2/h4-8H,3H2,1-2H3;1-2H3. The van der Waals surface area contributed by atoms with Crippen LogP contribution in [-0.4, -0.2) is 5.16 Å². The van der Waals surface area contributed by atoms with E-state index in [-0.39, 0.29) is 0 Å².